The average Bonchev–Trinajstić information content (AvgIpc) is 2.43. The van der Waals surface area contributed by atoms with Crippen LogP contribution in [0.5, 0.6) is 0 Å². The van der Waals surface area contributed by atoms with Gasteiger partial charge in [0, 0.05) is 35.9 Å². The highest BCUT2D eigenvalue weighted by Crippen LogP contribution is 2.19. The van der Waals surface area contributed by atoms with Crippen molar-refractivity contribution in [2.45, 2.75) is 12.6 Å². The Hall–Kier alpha value is -0.0900. The van der Waals surface area contributed by atoms with Crippen LogP contribution in [-0.2, 0) is 6.54 Å². The van der Waals surface area contributed by atoms with Crippen molar-refractivity contribution in [2.24, 2.45) is 0 Å². The van der Waals surface area contributed by atoms with Crippen LogP contribution in [0.25, 0.3) is 0 Å². The molecule has 1 fully saturated rings. The highest BCUT2D eigenvalue weighted by molar-refractivity contribution is 7.10. The van der Waals surface area contributed by atoms with Crippen molar-refractivity contribution in [1.29, 1.82) is 0 Å². The van der Waals surface area contributed by atoms with Gasteiger partial charge in [0.05, 0.1) is 5.02 Å². The third-order valence-corrected chi connectivity index (χ3v) is 3.54. The summed E-state index contributed by atoms with van der Waals surface area (Å²) in [5, 5.41) is 6.32. The van der Waals surface area contributed by atoms with Gasteiger partial charge in [0.25, 0.3) is 0 Å². The van der Waals surface area contributed by atoms with Crippen LogP contribution in [-0.4, -0.2) is 31.1 Å². The van der Waals surface area contributed by atoms with Crippen LogP contribution in [0.3, 0.4) is 0 Å². The molecule has 0 aliphatic carbocycles. The maximum Gasteiger partial charge on any atom is 0.0516 e. The first kappa shape index (κ1) is 9.46. The number of hydrogen-bond acceptors (Lipinski definition) is 3. The molecule has 0 atom stereocenters. The van der Waals surface area contributed by atoms with Gasteiger partial charge in [0.1, 0.15) is 0 Å². The fourth-order valence-corrected chi connectivity index (χ4v) is 2.54. The van der Waals surface area contributed by atoms with Crippen LogP contribution in [0.2, 0.25) is 5.02 Å². The molecule has 1 aromatic rings. The summed E-state index contributed by atoms with van der Waals surface area (Å²) in [7, 11) is 2.14. The van der Waals surface area contributed by atoms with Gasteiger partial charge in [-0.15, -0.1) is 11.3 Å². The molecule has 0 amide bonds. The Labute approximate surface area is 87.5 Å². The van der Waals surface area contributed by atoms with Crippen molar-refractivity contribution in [3.8, 4) is 0 Å². The number of likely N-dealkylation sites (N-methyl/N-ethyl adjacent to an activating group) is 1. The van der Waals surface area contributed by atoms with Crippen LogP contribution < -0.4 is 5.32 Å². The molecule has 2 nitrogen and oxygen atoms in total. The van der Waals surface area contributed by atoms with Crippen molar-refractivity contribution in [3.63, 3.8) is 0 Å². The van der Waals surface area contributed by atoms with Crippen LogP contribution in [0.15, 0.2) is 11.4 Å². The molecule has 0 aromatic carbocycles. The largest absolute Gasteiger partial charge is 0.307 e. The molecule has 1 aromatic heterocycles. The summed E-state index contributed by atoms with van der Waals surface area (Å²) in [4.78, 5) is 3.62. The van der Waals surface area contributed by atoms with E-state index in [1.807, 2.05) is 11.4 Å². The van der Waals surface area contributed by atoms with Crippen molar-refractivity contribution >= 4 is 22.9 Å². The van der Waals surface area contributed by atoms with Crippen LogP contribution in [0.4, 0.5) is 0 Å². The van der Waals surface area contributed by atoms with Crippen molar-refractivity contribution in [3.05, 3.63) is 21.3 Å². The molecule has 1 aliphatic rings. The maximum absolute atomic E-state index is 5.82. The molecular formula is C9H13ClN2S. The Bertz CT molecular complexity index is 281. The molecule has 1 aliphatic heterocycles. The minimum absolute atomic E-state index is 0.672. The summed E-state index contributed by atoms with van der Waals surface area (Å²) in [6.07, 6.45) is 0. The molecule has 1 N–H and O–H groups in total. The summed E-state index contributed by atoms with van der Waals surface area (Å²) in [5.41, 5.74) is 0. The molecule has 0 spiro atoms. The lowest BCUT2D eigenvalue weighted by atomic mass is 10.1. The maximum atomic E-state index is 5.82. The van der Waals surface area contributed by atoms with E-state index < -0.39 is 0 Å². The number of halogens is 1. The SMILES string of the molecule is CN1CC(NCc2cc(Cl)cs2)C1. The smallest absolute Gasteiger partial charge is 0.0516 e. The van der Waals surface area contributed by atoms with E-state index >= 15 is 0 Å². The third-order valence-electron chi connectivity index (χ3n) is 2.25. The van der Waals surface area contributed by atoms with E-state index in [2.05, 4.69) is 17.3 Å². The van der Waals surface area contributed by atoms with Crippen molar-refractivity contribution in [1.82, 2.24) is 10.2 Å². The Kier molecular flexibility index (Phi) is 2.89. The van der Waals surface area contributed by atoms with Gasteiger partial charge < -0.3 is 10.2 Å². The lowest BCUT2D eigenvalue weighted by molar-refractivity contribution is 0.161. The summed E-state index contributed by atoms with van der Waals surface area (Å²) in [6.45, 7) is 3.29. The molecule has 0 unspecified atom stereocenters. The monoisotopic (exact) mass is 216 g/mol. The predicted octanol–water partition coefficient (Wildman–Crippen LogP) is 1.81. The first-order chi connectivity index (χ1) is 6.24. The van der Waals surface area contributed by atoms with Gasteiger partial charge in [-0.2, -0.15) is 0 Å². The van der Waals surface area contributed by atoms with Gasteiger partial charge >= 0.3 is 0 Å². The highest BCUT2D eigenvalue weighted by Gasteiger charge is 2.21. The Morgan fingerprint density at radius 2 is 2.46 bits per heavy atom. The van der Waals surface area contributed by atoms with Crippen molar-refractivity contribution in [2.75, 3.05) is 20.1 Å². The predicted molar refractivity (Wildman–Crippen MR) is 57.5 cm³/mol. The van der Waals surface area contributed by atoms with Gasteiger partial charge in [-0.05, 0) is 13.1 Å². The van der Waals surface area contributed by atoms with E-state index in [1.54, 1.807) is 11.3 Å². The number of hydrogen-bond donors (Lipinski definition) is 1. The average molecular weight is 217 g/mol. The Morgan fingerprint density at radius 3 is 3.00 bits per heavy atom. The number of thiophene rings is 1. The van der Waals surface area contributed by atoms with E-state index in [9.17, 15) is 0 Å². The lowest BCUT2D eigenvalue weighted by Gasteiger charge is -2.36. The quantitative estimate of drug-likeness (QED) is 0.829. The summed E-state index contributed by atoms with van der Waals surface area (Å²) in [5.74, 6) is 0. The fourth-order valence-electron chi connectivity index (χ4n) is 1.52. The molecule has 2 rings (SSSR count). The Balaban J connectivity index is 1.74. The Morgan fingerprint density at radius 1 is 1.69 bits per heavy atom. The molecular weight excluding hydrogens is 204 g/mol. The molecule has 13 heavy (non-hydrogen) atoms. The standard InChI is InChI=1S/C9H13ClN2S/c1-12-4-8(5-12)11-3-9-2-7(10)6-13-9/h2,6,8,11H,3-5H2,1H3. The zero-order valence-electron chi connectivity index (χ0n) is 7.59. The summed E-state index contributed by atoms with van der Waals surface area (Å²) >= 11 is 7.54. The van der Waals surface area contributed by atoms with Gasteiger partial charge in [0.15, 0.2) is 0 Å². The minimum atomic E-state index is 0.672. The zero-order valence-corrected chi connectivity index (χ0v) is 9.16. The van der Waals surface area contributed by atoms with Crippen LogP contribution >= 0.6 is 22.9 Å². The zero-order chi connectivity index (χ0) is 9.26. The van der Waals surface area contributed by atoms with E-state index in [0.717, 1.165) is 11.6 Å². The summed E-state index contributed by atoms with van der Waals surface area (Å²) < 4.78 is 0. The van der Waals surface area contributed by atoms with Crippen LogP contribution in [0.1, 0.15) is 4.88 Å². The first-order valence-electron chi connectivity index (χ1n) is 4.39. The second kappa shape index (κ2) is 3.96. The van der Waals surface area contributed by atoms with E-state index in [1.165, 1.54) is 18.0 Å². The number of likely N-dealkylation sites (tertiary alicyclic amines) is 1. The number of nitrogens with zero attached hydrogens (tertiary/aromatic N) is 1. The molecule has 2 heterocycles. The first-order valence-corrected chi connectivity index (χ1v) is 5.64. The number of nitrogens with one attached hydrogen (secondary N) is 1. The molecule has 0 radical (unpaired) electrons. The second-order valence-corrected chi connectivity index (χ2v) is 4.96. The molecule has 0 bridgehead atoms. The van der Waals surface area contributed by atoms with Crippen molar-refractivity contribution < 1.29 is 0 Å². The van der Waals surface area contributed by atoms with Crippen LogP contribution in [0, 0.1) is 0 Å². The van der Waals surface area contributed by atoms with Gasteiger partial charge in [-0.3, -0.25) is 0 Å². The molecule has 4 heteroatoms. The minimum Gasteiger partial charge on any atom is -0.307 e. The van der Waals surface area contributed by atoms with Gasteiger partial charge in [-0.1, -0.05) is 11.6 Å². The molecule has 0 saturated carbocycles. The third kappa shape index (κ3) is 2.44. The topological polar surface area (TPSA) is 15.3 Å². The van der Waals surface area contributed by atoms with E-state index in [-0.39, 0.29) is 0 Å². The number of rotatable bonds is 3. The lowest BCUT2D eigenvalue weighted by Crippen LogP contribution is -2.55. The van der Waals surface area contributed by atoms with E-state index in [4.69, 9.17) is 11.6 Å². The fraction of sp³-hybridized carbons (Fsp3) is 0.556. The normalized spacial score (nSPS) is 18.9. The van der Waals surface area contributed by atoms with Gasteiger partial charge in [0.2, 0.25) is 0 Å². The second-order valence-electron chi connectivity index (χ2n) is 3.53. The van der Waals surface area contributed by atoms with E-state index in [0.29, 0.717) is 6.04 Å². The highest BCUT2D eigenvalue weighted by atomic mass is 35.5. The molecule has 1 saturated heterocycles. The van der Waals surface area contributed by atoms with Gasteiger partial charge in [-0.25, -0.2) is 0 Å². The summed E-state index contributed by atoms with van der Waals surface area (Å²) in [6, 6.07) is 2.70. The molecule has 72 valence electrons.